The molecule has 3 nitrogen and oxygen atoms in total. The Morgan fingerprint density at radius 1 is 1.06 bits per heavy atom. The van der Waals surface area contributed by atoms with Gasteiger partial charge in [0.2, 0.25) is 0 Å². The van der Waals surface area contributed by atoms with Crippen molar-refractivity contribution in [2.45, 2.75) is 63.1 Å². The molecule has 2 fully saturated rings. The van der Waals surface area contributed by atoms with Crippen molar-refractivity contribution in [3.05, 3.63) is 0 Å². The molecule has 16 heavy (non-hydrogen) atoms. The SMILES string of the molecule is OC(CCC1(O)CCC1)CN1CCCCC1. The van der Waals surface area contributed by atoms with Gasteiger partial charge in [-0.1, -0.05) is 6.42 Å². The number of hydrogen-bond acceptors (Lipinski definition) is 3. The van der Waals surface area contributed by atoms with E-state index >= 15 is 0 Å². The highest BCUT2D eigenvalue weighted by atomic mass is 16.3. The van der Waals surface area contributed by atoms with Crippen LogP contribution in [0.4, 0.5) is 0 Å². The molecule has 3 heteroatoms. The Balaban J connectivity index is 1.61. The minimum atomic E-state index is -0.428. The molecule has 1 saturated heterocycles. The fourth-order valence-corrected chi connectivity index (χ4v) is 2.80. The van der Waals surface area contributed by atoms with Crippen LogP contribution in [0.3, 0.4) is 0 Å². The molecule has 0 aromatic rings. The lowest BCUT2D eigenvalue weighted by Crippen LogP contribution is -2.40. The number of likely N-dealkylation sites (tertiary alicyclic amines) is 1. The summed E-state index contributed by atoms with van der Waals surface area (Å²) in [5.41, 5.74) is -0.428. The summed E-state index contributed by atoms with van der Waals surface area (Å²) in [5.74, 6) is 0. The first-order valence-corrected chi connectivity index (χ1v) is 6.81. The molecule has 0 aromatic heterocycles. The summed E-state index contributed by atoms with van der Waals surface area (Å²) < 4.78 is 0. The van der Waals surface area contributed by atoms with Gasteiger partial charge in [-0.05, 0) is 58.0 Å². The van der Waals surface area contributed by atoms with E-state index in [-0.39, 0.29) is 6.10 Å². The highest BCUT2D eigenvalue weighted by Crippen LogP contribution is 2.35. The average Bonchev–Trinajstić information content (AvgIpc) is 2.25. The van der Waals surface area contributed by atoms with Crippen LogP contribution in [0, 0.1) is 0 Å². The molecule has 1 unspecified atom stereocenters. The van der Waals surface area contributed by atoms with Crippen molar-refractivity contribution < 1.29 is 10.2 Å². The van der Waals surface area contributed by atoms with E-state index in [0.717, 1.165) is 51.7 Å². The van der Waals surface area contributed by atoms with Crippen molar-refractivity contribution in [3.63, 3.8) is 0 Å². The minimum absolute atomic E-state index is 0.247. The summed E-state index contributed by atoms with van der Waals surface area (Å²) in [7, 11) is 0. The van der Waals surface area contributed by atoms with E-state index in [1.807, 2.05) is 0 Å². The van der Waals surface area contributed by atoms with Crippen LogP contribution in [0.5, 0.6) is 0 Å². The summed E-state index contributed by atoms with van der Waals surface area (Å²) >= 11 is 0. The van der Waals surface area contributed by atoms with Gasteiger partial charge in [0.05, 0.1) is 11.7 Å². The molecule has 1 aliphatic heterocycles. The number of hydrogen-bond donors (Lipinski definition) is 2. The number of rotatable bonds is 5. The highest BCUT2D eigenvalue weighted by molar-refractivity contribution is 4.88. The molecule has 0 aromatic carbocycles. The normalized spacial score (nSPS) is 27.4. The van der Waals surface area contributed by atoms with Gasteiger partial charge in [0.25, 0.3) is 0 Å². The predicted octanol–water partition coefficient (Wildman–Crippen LogP) is 1.53. The fourth-order valence-electron chi connectivity index (χ4n) is 2.80. The highest BCUT2D eigenvalue weighted by Gasteiger charge is 2.34. The molecule has 0 radical (unpaired) electrons. The van der Waals surface area contributed by atoms with Gasteiger partial charge in [-0.2, -0.15) is 0 Å². The first-order valence-electron chi connectivity index (χ1n) is 6.81. The van der Waals surface area contributed by atoms with Gasteiger partial charge in [0, 0.05) is 6.54 Å². The Bertz CT molecular complexity index is 210. The van der Waals surface area contributed by atoms with Crippen molar-refractivity contribution in [1.82, 2.24) is 4.90 Å². The Kier molecular flexibility index (Phi) is 4.22. The number of aliphatic hydroxyl groups is 2. The van der Waals surface area contributed by atoms with E-state index in [9.17, 15) is 10.2 Å². The van der Waals surface area contributed by atoms with Crippen molar-refractivity contribution >= 4 is 0 Å². The lowest BCUT2D eigenvalue weighted by molar-refractivity contribution is -0.0513. The largest absolute Gasteiger partial charge is 0.392 e. The molecule has 1 saturated carbocycles. The maximum absolute atomic E-state index is 9.94. The Morgan fingerprint density at radius 3 is 2.31 bits per heavy atom. The first kappa shape index (κ1) is 12.3. The third-order valence-corrected chi connectivity index (χ3v) is 4.14. The van der Waals surface area contributed by atoms with Crippen molar-refractivity contribution in [1.29, 1.82) is 0 Å². The maximum atomic E-state index is 9.94. The summed E-state index contributed by atoms with van der Waals surface area (Å²) in [5, 5.41) is 19.9. The topological polar surface area (TPSA) is 43.7 Å². The average molecular weight is 227 g/mol. The number of piperidine rings is 1. The molecule has 0 amide bonds. The van der Waals surface area contributed by atoms with Gasteiger partial charge in [-0.15, -0.1) is 0 Å². The summed E-state index contributed by atoms with van der Waals surface area (Å²) in [6, 6.07) is 0. The molecular weight excluding hydrogens is 202 g/mol. The predicted molar refractivity (Wildman–Crippen MR) is 64.3 cm³/mol. The van der Waals surface area contributed by atoms with E-state index in [1.165, 1.54) is 19.3 Å². The van der Waals surface area contributed by atoms with Crippen LogP contribution in [0.25, 0.3) is 0 Å². The second kappa shape index (κ2) is 5.48. The van der Waals surface area contributed by atoms with Gasteiger partial charge in [-0.25, -0.2) is 0 Å². The molecule has 2 rings (SSSR count). The van der Waals surface area contributed by atoms with E-state index in [4.69, 9.17) is 0 Å². The monoisotopic (exact) mass is 227 g/mol. The van der Waals surface area contributed by atoms with Gasteiger partial charge in [-0.3, -0.25) is 0 Å². The molecule has 0 spiro atoms. The summed E-state index contributed by atoms with van der Waals surface area (Å²) in [6.07, 6.45) is 8.20. The van der Waals surface area contributed by atoms with Crippen LogP contribution in [0.1, 0.15) is 51.4 Å². The zero-order valence-electron chi connectivity index (χ0n) is 10.2. The molecule has 2 aliphatic rings. The van der Waals surface area contributed by atoms with Crippen LogP contribution < -0.4 is 0 Å². The molecule has 2 N–H and O–H groups in total. The summed E-state index contributed by atoms with van der Waals surface area (Å²) in [6.45, 7) is 3.08. The first-order chi connectivity index (χ1) is 7.68. The lowest BCUT2D eigenvalue weighted by Gasteiger charge is -2.37. The Morgan fingerprint density at radius 2 is 1.75 bits per heavy atom. The standard InChI is InChI=1S/C13H25NO2/c15-12(5-8-13(16)6-4-7-13)11-14-9-2-1-3-10-14/h12,15-16H,1-11H2. The van der Waals surface area contributed by atoms with E-state index < -0.39 is 5.60 Å². The zero-order chi connectivity index (χ0) is 11.4. The van der Waals surface area contributed by atoms with E-state index in [2.05, 4.69) is 4.90 Å². The molecule has 1 aliphatic carbocycles. The van der Waals surface area contributed by atoms with Crippen LogP contribution >= 0.6 is 0 Å². The lowest BCUT2D eigenvalue weighted by atomic mass is 9.76. The van der Waals surface area contributed by atoms with Crippen LogP contribution in [0.2, 0.25) is 0 Å². The van der Waals surface area contributed by atoms with Gasteiger partial charge in [0.1, 0.15) is 0 Å². The molecule has 0 bridgehead atoms. The number of β-amino-alcohol motifs (C(OH)–C–C–N with tert-alkyl or cyclic N) is 1. The fraction of sp³-hybridized carbons (Fsp3) is 1.00. The van der Waals surface area contributed by atoms with Crippen molar-refractivity contribution in [3.8, 4) is 0 Å². The third kappa shape index (κ3) is 3.44. The Hall–Kier alpha value is -0.120. The van der Waals surface area contributed by atoms with Gasteiger partial charge >= 0.3 is 0 Å². The minimum Gasteiger partial charge on any atom is -0.392 e. The number of nitrogens with zero attached hydrogens (tertiary/aromatic N) is 1. The van der Waals surface area contributed by atoms with Gasteiger partial charge < -0.3 is 15.1 Å². The molecular formula is C13H25NO2. The molecule has 94 valence electrons. The smallest absolute Gasteiger partial charge is 0.0668 e. The quantitative estimate of drug-likeness (QED) is 0.748. The summed E-state index contributed by atoms with van der Waals surface area (Å²) in [4.78, 5) is 2.36. The molecule has 1 heterocycles. The van der Waals surface area contributed by atoms with Crippen molar-refractivity contribution in [2.24, 2.45) is 0 Å². The van der Waals surface area contributed by atoms with E-state index in [0.29, 0.717) is 0 Å². The number of aliphatic hydroxyl groups excluding tert-OH is 1. The molecule has 1 atom stereocenters. The van der Waals surface area contributed by atoms with Crippen LogP contribution in [0.15, 0.2) is 0 Å². The maximum Gasteiger partial charge on any atom is 0.0668 e. The second-order valence-electron chi connectivity index (χ2n) is 5.63. The third-order valence-electron chi connectivity index (χ3n) is 4.14. The Labute approximate surface area is 98.5 Å². The van der Waals surface area contributed by atoms with Crippen LogP contribution in [-0.2, 0) is 0 Å². The van der Waals surface area contributed by atoms with E-state index in [1.54, 1.807) is 0 Å². The van der Waals surface area contributed by atoms with Crippen molar-refractivity contribution in [2.75, 3.05) is 19.6 Å². The van der Waals surface area contributed by atoms with Crippen LogP contribution in [-0.4, -0.2) is 46.5 Å². The second-order valence-corrected chi connectivity index (χ2v) is 5.63. The zero-order valence-corrected chi connectivity index (χ0v) is 10.2. The van der Waals surface area contributed by atoms with Gasteiger partial charge in [0.15, 0.2) is 0 Å².